The summed E-state index contributed by atoms with van der Waals surface area (Å²) in [6.07, 6.45) is 2.49. The van der Waals surface area contributed by atoms with E-state index in [-0.39, 0.29) is 5.54 Å². The van der Waals surface area contributed by atoms with Crippen LogP contribution in [0.4, 0.5) is 0 Å². The molecule has 2 nitrogen and oxygen atoms in total. The maximum absolute atomic E-state index is 4.73. The molecule has 0 amide bonds. The van der Waals surface area contributed by atoms with Crippen LogP contribution >= 0.6 is 11.3 Å². The first-order chi connectivity index (χ1) is 7.48. The Balaban J connectivity index is 2.19. The second-order valence-corrected chi connectivity index (χ2v) is 6.61. The molecule has 1 aromatic heterocycles. The Morgan fingerprint density at radius 3 is 2.38 bits per heavy atom. The maximum atomic E-state index is 4.73. The first-order valence-electron chi connectivity index (χ1n) is 6.12. The summed E-state index contributed by atoms with van der Waals surface area (Å²) < 4.78 is 0. The van der Waals surface area contributed by atoms with Gasteiger partial charge in [-0.15, -0.1) is 11.3 Å². The van der Waals surface area contributed by atoms with Crippen molar-refractivity contribution < 1.29 is 0 Å². The van der Waals surface area contributed by atoms with Crippen LogP contribution in [0.25, 0.3) is 0 Å². The van der Waals surface area contributed by atoms with Gasteiger partial charge in [-0.25, -0.2) is 4.98 Å². The van der Waals surface area contributed by atoms with E-state index in [1.165, 1.54) is 28.4 Å². The Morgan fingerprint density at radius 2 is 2.00 bits per heavy atom. The number of aromatic nitrogens is 1. The molecular formula is C13H22N2S. The third kappa shape index (κ3) is 1.80. The van der Waals surface area contributed by atoms with Crippen molar-refractivity contribution in [1.82, 2.24) is 10.3 Å². The number of nitrogens with zero attached hydrogens (tertiary/aromatic N) is 1. The zero-order valence-electron chi connectivity index (χ0n) is 10.9. The predicted octanol–water partition coefficient (Wildman–Crippen LogP) is 3.24. The normalized spacial score (nSPS) is 29.5. The van der Waals surface area contributed by atoms with Crippen LogP contribution < -0.4 is 5.32 Å². The minimum absolute atomic E-state index is 0.179. The smallest absolute Gasteiger partial charge is 0.113 e. The first kappa shape index (κ1) is 12.1. The molecule has 1 heterocycles. The summed E-state index contributed by atoms with van der Waals surface area (Å²) in [5.74, 6) is 1.65. The molecule has 0 spiro atoms. The fourth-order valence-electron chi connectivity index (χ4n) is 2.47. The zero-order chi connectivity index (χ0) is 11.9. The second-order valence-electron chi connectivity index (χ2n) is 5.41. The molecule has 0 saturated heterocycles. The van der Waals surface area contributed by atoms with E-state index in [1.54, 1.807) is 0 Å². The van der Waals surface area contributed by atoms with Gasteiger partial charge in [-0.05, 0) is 45.6 Å². The second kappa shape index (κ2) is 4.11. The largest absolute Gasteiger partial charge is 0.308 e. The molecule has 0 radical (unpaired) electrons. The highest BCUT2D eigenvalue weighted by Crippen LogP contribution is 2.49. The van der Waals surface area contributed by atoms with Crippen LogP contribution in [0.15, 0.2) is 0 Å². The topological polar surface area (TPSA) is 24.9 Å². The molecule has 90 valence electrons. The van der Waals surface area contributed by atoms with E-state index in [1.807, 2.05) is 11.3 Å². The van der Waals surface area contributed by atoms with E-state index in [0.29, 0.717) is 0 Å². The zero-order valence-corrected chi connectivity index (χ0v) is 11.7. The highest BCUT2D eigenvalue weighted by atomic mass is 32.1. The number of thiazole rings is 1. The van der Waals surface area contributed by atoms with Crippen LogP contribution in [0.1, 0.15) is 42.3 Å². The van der Waals surface area contributed by atoms with Crippen LogP contribution in [0, 0.1) is 25.7 Å². The predicted molar refractivity (Wildman–Crippen MR) is 69.9 cm³/mol. The molecule has 0 unspecified atom stereocenters. The van der Waals surface area contributed by atoms with Gasteiger partial charge in [-0.1, -0.05) is 13.8 Å². The third-order valence-electron chi connectivity index (χ3n) is 4.08. The molecular weight excluding hydrogens is 216 g/mol. The van der Waals surface area contributed by atoms with Crippen LogP contribution in [0.3, 0.4) is 0 Å². The third-order valence-corrected chi connectivity index (χ3v) is 5.36. The van der Waals surface area contributed by atoms with Gasteiger partial charge in [-0.3, -0.25) is 0 Å². The lowest BCUT2D eigenvalue weighted by molar-refractivity contribution is 0.0749. The van der Waals surface area contributed by atoms with Crippen molar-refractivity contribution in [1.29, 1.82) is 0 Å². The number of aryl methyl sites for hydroxylation is 2. The van der Waals surface area contributed by atoms with Crippen molar-refractivity contribution >= 4 is 11.3 Å². The monoisotopic (exact) mass is 238 g/mol. The standard InChI is InChI=1S/C13H22N2S/c1-8(2)11-6-13(7-11,14-5)12-15-9(3)10(4)16-12/h8,11,14H,6-7H2,1-5H3. The van der Waals surface area contributed by atoms with E-state index < -0.39 is 0 Å². The van der Waals surface area contributed by atoms with Crippen molar-refractivity contribution in [3.05, 3.63) is 15.6 Å². The lowest BCUT2D eigenvalue weighted by Gasteiger charge is -2.48. The van der Waals surface area contributed by atoms with Gasteiger partial charge >= 0.3 is 0 Å². The molecule has 1 aliphatic rings. The van der Waals surface area contributed by atoms with Crippen LogP contribution in [0.5, 0.6) is 0 Å². The average molecular weight is 238 g/mol. The van der Waals surface area contributed by atoms with Gasteiger partial charge in [0.05, 0.1) is 11.2 Å². The van der Waals surface area contributed by atoms with Crippen molar-refractivity contribution in [2.24, 2.45) is 11.8 Å². The lowest BCUT2D eigenvalue weighted by atomic mass is 9.64. The van der Waals surface area contributed by atoms with Gasteiger partial charge in [0.15, 0.2) is 0 Å². The molecule has 1 aliphatic carbocycles. The number of hydrogen-bond acceptors (Lipinski definition) is 3. The van der Waals surface area contributed by atoms with Gasteiger partial charge in [0, 0.05) is 4.88 Å². The van der Waals surface area contributed by atoms with E-state index >= 15 is 0 Å². The van der Waals surface area contributed by atoms with Gasteiger partial charge in [0.25, 0.3) is 0 Å². The summed E-state index contributed by atoms with van der Waals surface area (Å²) in [5, 5.41) is 4.80. The van der Waals surface area contributed by atoms with Crippen LogP contribution in [-0.4, -0.2) is 12.0 Å². The molecule has 0 atom stereocenters. The van der Waals surface area contributed by atoms with Gasteiger partial charge in [-0.2, -0.15) is 0 Å². The number of hydrogen-bond donors (Lipinski definition) is 1. The van der Waals surface area contributed by atoms with E-state index in [4.69, 9.17) is 4.98 Å². The summed E-state index contributed by atoms with van der Waals surface area (Å²) in [7, 11) is 2.07. The first-order valence-corrected chi connectivity index (χ1v) is 6.93. The fourth-order valence-corrected chi connectivity index (χ4v) is 3.60. The van der Waals surface area contributed by atoms with E-state index in [2.05, 4.69) is 40.1 Å². The molecule has 0 aromatic carbocycles. The SMILES string of the molecule is CNC1(c2nc(C)c(C)s2)CC(C(C)C)C1. The van der Waals surface area contributed by atoms with Crippen molar-refractivity contribution in [2.45, 2.75) is 46.1 Å². The van der Waals surface area contributed by atoms with E-state index in [0.717, 1.165) is 11.8 Å². The fraction of sp³-hybridized carbons (Fsp3) is 0.769. The number of rotatable bonds is 3. The van der Waals surface area contributed by atoms with E-state index in [9.17, 15) is 0 Å². The van der Waals surface area contributed by atoms with Gasteiger partial charge in [0.2, 0.25) is 0 Å². The highest BCUT2D eigenvalue weighted by Gasteiger charge is 2.47. The lowest BCUT2D eigenvalue weighted by Crippen LogP contribution is -2.52. The molecule has 3 heteroatoms. The maximum Gasteiger partial charge on any atom is 0.113 e. The highest BCUT2D eigenvalue weighted by molar-refractivity contribution is 7.11. The molecule has 1 N–H and O–H groups in total. The molecule has 2 rings (SSSR count). The van der Waals surface area contributed by atoms with Gasteiger partial charge < -0.3 is 5.32 Å². The summed E-state index contributed by atoms with van der Waals surface area (Å²) in [5.41, 5.74) is 1.38. The molecule has 1 aromatic rings. The Bertz CT molecular complexity index is 356. The summed E-state index contributed by atoms with van der Waals surface area (Å²) >= 11 is 1.86. The molecule has 1 saturated carbocycles. The minimum Gasteiger partial charge on any atom is -0.308 e. The Labute approximate surface area is 102 Å². The number of nitrogens with one attached hydrogen (secondary N) is 1. The molecule has 16 heavy (non-hydrogen) atoms. The molecule has 0 aliphatic heterocycles. The summed E-state index contributed by atoms with van der Waals surface area (Å²) in [6.45, 7) is 8.92. The Hall–Kier alpha value is -0.410. The average Bonchev–Trinajstić information content (AvgIpc) is 2.46. The van der Waals surface area contributed by atoms with Crippen LogP contribution in [0.2, 0.25) is 0 Å². The van der Waals surface area contributed by atoms with Gasteiger partial charge in [0.1, 0.15) is 5.01 Å². The minimum atomic E-state index is 0.179. The summed E-state index contributed by atoms with van der Waals surface area (Å²) in [4.78, 5) is 6.08. The quantitative estimate of drug-likeness (QED) is 0.874. The molecule has 1 fully saturated rings. The van der Waals surface area contributed by atoms with Crippen molar-refractivity contribution in [3.8, 4) is 0 Å². The van der Waals surface area contributed by atoms with Crippen molar-refractivity contribution in [2.75, 3.05) is 7.05 Å². The summed E-state index contributed by atoms with van der Waals surface area (Å²) in [6, 6.07) is 0. The Morgan fingerprint density at radius 1 is 1.38 bits per heavy atom. The van der Waals surface area contributed by atoms with Crippen molar-refractivity contribution in [3.63, 3.8) is 0 Å². The Kier molecular flexibility index (Phi) is 3.10. The molecule has 0 bridgehead atoms. The van der Waals surface area contributed by atoms with Crippen LogP contribution in [-0.2, 0) is 5.54 Å².